The quantitative estimate of drug-likeness (QED) is 0.692. The highest BCUT2D eigenvalue weighted by Gasteiger charge is 2.17. The zero-order valence-electron chi connectivity index (χ0n) is 13.2. The molecule has 6 heteroatoms. The smallest absolute Gasteiger partial charge is 0.358 e. The third kappa shape index (κ3) is 2.88. The van der Waals surface area contributed by atoms with Crippen molar-refractivity contribution in [3.05, 3.63) is 48.0 Å². The summed E-state index contributed by atoms with van der Waals surface area (Å²) in [6, 6.07) is 7.66. The molecule has 0 bridgehead atoms. The van der Waals surface area contributed by atoms with Crippen molar-refractivity contribution >= 4 is 5.97 Å². The Morgan fingerprint density at radius 1 is 1.35 bits per heavy atom. The van der Waals surface area contributed by atoms with E-state index in [0.29, 0.717) is 18.2 Å². The molecule has 23 heavy (non-hydrogen) atoms. The Morgan fingerprint density at radius 3 is 2.87 bits per heavy atom. The Morgan fingerprint density at radius 2 is 2.17 bits per heavy atom. The Balaban J connectivity index is 2.05. The van der Waals surface area contributed by atoms with Gasteiger partial charge in [-0.25, -0.2) is 9.78 Å². The van der Waals surface area contributed by atoms with Gasteiger partial charge in [-0.1, -0.05) is 6.07 Å². The highest BCUT2D eigenvalue weighted by Crippen LogP contribution is 2.29. The standard InChI is InChI=1S/C17H17N3O3/c1-4-22-17(21)14-10-15(20(3)19-14)13-9-12(6-5-11(13)2)16-18-7-8-23-16/h5-10H,4H2,1-3H3. The summed E-state index contributed by atoms with van der Waals surface area (Å²) >= 11 is 0. The molecule has 0 unspecified atom stereocenters. The van der Waals surface area contributed by atoms with Crippen LogP contribution in [0.1, 0.15) is 23.0 Å². The summed E-state index contributed by atoms with van der Waals surface area (Å²) in [5, 5.41) is 4.24. The van der Waals surface area contributed by atoms with Gasteiger partial charge in [0.1, 0.15) is 6.26 Å². The number of hydrogen-bond donors (Lipinski definition) is 0. The summed E-state index contributed by atoms with van der Waals surface area (Å²) in [4.78, 5) is 16.0. The van der Waals surface area contributed by atoms with Crippen molar-refractivity contribution in [3.8, 4) is 22.7 Å². The number of aromatic nitrogens is 3. The molecule has 0 aliphatic heterocycles. The predicted molar refractivity (Wildman–Crippen MR) is 84.8 cm³/mol. The number of carbonyl (C=O) groups excluding carboxylic acids is 1. The highest BCUT2D eigenvalue weighted by atomic mass is 16.5. The fraction of sp³-hybridized carbons (Fsp3) is 0.235. The number of carbonyl (C=O) groups is 1. The average Bonchev–Trinajstić information content (AvgIpc) is 3.18. The Kier molecular flexibility index (Phi) is 3.97. The molecule has 2 heterocycles. The summed E-state index contributed by atoms with van der Waals surface area (Å²) in [5.74, 6) is 0.134. The van der Waals surface area contributed by atoms with Crippen LogP contribution < -0.4 is 0 Å². The van der Waals surface area contributed by atoms with Crippen LogP contribution in [0.3, 0.4) is 0 Å². The van der Waals surface area contributed by atoms with E-state index in [1.807, 2.05) is 25.1 Å². The zero-order chi connectivity index (χ0) is 16.4. The maximum Gasteiger partial charge on any atom is 0.358 e. The molecule has 0 aliphatic carbocycles. The molecule has 0 saturated carbocycles. The molecule has 0 amide bonds. The molecule has 118 valence electrons. The number of benzene rings is 1. The number of aryl methyl sites for hydroxylation is 2. The van der Waals surface area contributed by atoms with Gasteiger partial charge in [-0.15, -0.1) is 0 Å². The van der Waals surface area contributed by atoms with Crippen molar-refractivity contribution in [3.63, 3.8) is 0 Å². The third-order valence-corrected chi connectivity index (χ3v) is 3.56. The van der Waals surface area contributed by atoms with Gasteiger partial charge in [0.25, 0.3) is 0 Å². The van der Waals surface area contributed by atoms with E-state index in [-0.39, 0.29) is 0 Å². The number of rotatable bonds is 4. The first kappa shape index (κ1) is 15.0. The molecule has 0 aliphatic rings. The van der Waals surface area contributed by atoms with Crippen molar-refractivity contribution in [1.29, 1.82) is 0 Å². The molecule has 3 rings (SSSR count). The van der Waals surface area contributed by atoms with E-state index < -0.39 is 5.97 Å². The number of oxazole rings is 1. The van der Waals surface area contributed by atoms with Gasteiger partial charge >= 0.3 is 5.97 Å². The van der Waals surface area contributed by atoms with Gasteiger partial charge < -0.3 is 9.15 Å². The van der Waals surface area contributed by atoms with Crippen LogP contribution in [-0.2, 0) is 11.8 Å². The highest BCUT2D eigenvalue weighted by molar-refractivity contribution is 5.89. The van der Waals surface area contributed by atoms with E-state index >= 15 is 0 Å². The van der Waals surface area contributed by atoms with E-state index in [0.717, 1.165) is 22.4 Å². The number of nitrogens with zero attached hydrogens (tertiary/aromatic N) is 3. The molecule has 2 aromatic heterocycles. The van der Waals surface area contributed by atoms with Crippen molar-refractivity contribution in [1.82, 2.24) is 14.8 Å². The first-order valence-corrected chi connectivity index (χ1v) is 7.32. The third-order valence-electron chi connectivity index (χ3n) is 3.56. The maximum atomic E-state index is 11.9. The lowest BCUT2D eigenvalue weighted by atomic mass is 10.0. The predicted octanol–water partition coefficient (Wildman–Crippen LogP) is 3.23. The number of hydrogen-bond acceptors (Lipinski definition) is 5. The van der Waals surface area contributed by atoms with Crippen LogP contribution in [0.2, 0.25) is 0 Å². The van der Waals surface area contributed by atoms with E-state index in [1.165, 1.54) is 6.26 Å². The minimum absolute atomic E-state index is 0.297. The lowest BCUT2D eigenvalue weighted by Crippen LogP contribution is -2.05. The Labute approximate surface area is 133 Å². The second-order valence-corrected chi connectivity index (χ2v) is 5.13. The average molecular weight is 311 g/mol. The summed E-state index contributed by atoms with van der Waals surface area (Å²) in [6.07, 6.45) is 3.15. The molecule has 1 aromatic carbocycles. The number of esters is 1. The molecular weight excluding hydrogens is 294 g/mol. The van der Waals surface area contributed by atoms with Crippen LogP contribution in [0.5, 0.6) is 0 Å². The van der Waals surface area contributed by atoms with Crippen molar-refractivity contribution < 1.29 is 13.9 Å². The lowest BCUT2D eigenvalue weighted by molar-refractivity contribution is 0.0518. The van der Waals surface area contributed by atoms with Crippen LogP contribution in [0.25, 0.3) is 22.7 Å². The monoisotopic (exact) mass is 311 g/mol. The topological polar surface area (TPSA) is 70.2 Å². The minimum atomic E-state index is -0.421. The zero-order valence-corrected chi connectivity index (χ0v) is 13.2. The molecule has 0 N–H and O–H groups in total. The van der Waals surface area contributed by atoms with Gasteiger partial charge in [0.15, 0.2) is 5.69 Å². The van der Waals surface area contributed by atoms with Crippen LogP contribution >= 0.6 is 0 Å². The van der Waals surface area contributed by atoms with Gasteiger partial charge in [-0.05, 0) is 37.6 Å². The second kappa shape index (κ2) is 6.08. The molecule has 0 atom stereocenters. The number of ether oxygens (including phenoxy) is 1. The SMILES string of the molecule is CCOC(=O)c1cc(-c2cc(-c3ncco3)ccc2C)n(C)n1. The second-order valence-electron chi connectivity index (χ2n) is 5.13. The first-order chi connectivity index (χ1) is 11.1. The normalized spacial score (nSPS) is 10.7. The molecule has 6 nitrogen and oxygen atoms in total. The fourth-order valence-electron chi connectivity index (χ4n) is 2.42. The van der Waals surface area contributed by atoms with Gasteiger partial charge in [-0.3, -0.25) is 4.68 Å². The van der Waals surface area contributed by atoms with E-state index in [2.05, 4.69) is 10.1 Å². The fourth-order valence-corrected chi connectivity index (χ4v) is 2.42. The van der Waals surface area contributed by atoms with Gasteiger partial charge in [-0.2, -0.15) is 5.10 Å². The Bertz CT molecular complexity index is 835. The summed E-state index contributed by atoms with van der Waals surface area (Å²) in [7, 11) is 1.80. The molecule has 0 fully saturated rings. The molecular formula is C17H17N3O3. The largest absolute Gasteiger partial charge is 0.461 e. The van der Waals surface area contributed by atoms with Crippen LogP contribution in [0, 0.1) is 6.92 Å². The summed E-state index contributed by atoms with van der Waals surface area (Å²) in [5.41, 5.74) is 4.03. The summed E-state index contributed by atoms with van der Waals surface area (Å²) < 4.78 is 12.0. The van der Waals surface area contributed by atoms with E-state index in [9.17, 15) is 4.79 Å². The van der Waals surface area contributed by atoms with E-state index in [1.54, 1.807) is 30.9 Å². The van der Waals surface area contributed by atoms with Gasteiger partial charge in [0, 0.05) is 18.2 Å². The van der Waals surface area contributed by atoms with Gasteiger partial charge in [0.05, 0.1) is 18.5 Å². The first-order valence-electron chi connectivity index (χ1n) is 7.32. The van der Waals surface area contributed by atoms with Crippen molar-refractivity contribution in [2.45, 2.75) is 13.8 Å². The molecule has 3 aromatic rings. The molecule has 0 spiro atoms. The van der Waals surface area contributed by atoms with Crippen molar-refractivity contribution in [2.24, 2.45) is 7.05 Å². The van der Waals surface area contributed by atoms with Crippen molar-refractivity contribution in [2.75, 3.05) is 6.61 Å². The summed E-state index contributed by atoms with van der Waals surface area (Å²) in [6.45, 7) is 4.10. The minimum Gasteiger partial charge on any atom is -0.461 e. The van der Waals surface area contributed by atoms with Crippen LogP contribution in [-0.4, -0.2) is 27.3 Å². The Hall–Kier alpha value is -2.89. The van der Waals surface area contributed by atoms with Gasteiger partial charge in [0.2, 0.25) is 5.89 Å². The van der Waals surface area contributed by atoms with Crippen LogP contribution in [0.15, 0.2) is 41.1 Å². The lowest BCUT2D eigenvalue weighted by Gasteiger charge is -2.07. The van der Waals surface area contributed by atoms with Crippen LogP contribution in [0.4, 0.5) is 0 Å². The van der Waals surface area contributed by atoms with E-state index in [4.69, 9.17) is 9.15 Å². The molecule has 0 saturated heterocycles. The maximum absolute atomic E-state index is 11.9. The molecule has 0 radical (unpaired) electrons.